The van der Waals surface area contributed by atoms with Crippen molar-refractivity contribution in [1.29, 1.82) is 0 Å². The van der Waals surface area contributed by atoms with Crippen molar-refractivity contribution in [2.45, 2.75) is 25.8 Å². The lowest BCUT2D eigenvalue weighted by Gasteiger charge is -2.20. The van der Waals surface area contributed by atoms with Gasteiger partial charge in [-0.15, -0.1) is 0 Å². The van der Waals surface area contributed by atoms with Crippen LogP contribution in [0.25, 0.3) is 0 Å². The number of rotatable bonds is 3. The molecule has 0 radical (unpaired) electrons. The van der Waals surface area contributed by atoms with Gasteiger partial charge in [0.2, 0.25) is 0 Å². The topological polar surface area (TPSA) is 20.3 Å². The van der Waals surface area contributed by atoms with Crippen molar-refractivity contribution >= 4 is 33.4 Å². The standard InChI is InChI=1S/C12H13BrClNO/c1-2-15(11-3-4-11)12(16)8-5-9(13)7-10(14)6-8/h5-7,11H,2-4H2,1H3. The molecule has 0 aromatic heterocycles. The average molecular weight is 303 g/mol. The summed E-state index contributed by atoms with van der Waals surface area (Å²) in [6.45, 7) is 2.77. The quantitative estimate of drug-likeness (QED) is 0.833. The molecule has 1 aromatic carbocycles. The summed E-state index contributed by atoms with van der Waals surface area (Å²) in [5, 5.41) is 0.588. The van der Waals surface area contributed by atoms with Crippen molar-refractivity contribution in [3.63, 3.8) is 0 Å². The summed E-state index contributed by atoms with van der Waals surface area (Å²) in [4.78, 5) is 14.1. The molecule has 1 aromatic rings. The number of benzene rings is 1. The van der Waals surface area contributed by atoms with Gasteiger partial charge >= 0.3 is 0 Å². The first-order chi connectivity index (χ1) is 7.61. The summed E-state index contributed by atoms with van der Waals surface area (Å²) in [5.41, 5.74) is 0.660. The Bertz CT molecular complexity index is 397. The van der Waals surface area contributed by atoms with Crippen LogP contribution in [0.4, 0.5) is 0 Å². The number of nitrogens with zero attached hydrogens (tertiary/aromatic N) is 1. The Morgan fingerprint density at radius 2 is 2.19 bits per heavy atom. The smallest absolute Gasteiger partial charge is 0.254 e. The predicted molar refractivity (Wildman–Crippen MR) is 68.9 cm³/mol. The molecule has 0 bridgehead atoms. The van der Waals surface area contributed by atoms with E-state index in [9.17, 15) is 4.79 Å². The molecular weight excluding hydrogens is 289 g/mol. The molecule has 1 fully saturated rings. The van der Waals surface area contributed by atoms with E-state index >= 15 is 0 Å². The second-order valence-corrected chi connectivity index (χ2v) is 5.33. The zero-order chi connectivity index (χ0) is 11.7. The van der Waals surface area contributed by atoms with E-state index < -0.39 is 0 Å². The number of hydrogen-bond donors (Lipinski definition) is 0. The van der Waals surface area contributed by atoms with Crippen molar-refractivity contribution in [3.8, 4) is 0 Å². The molecule has 1 aliphatic carbocycles. The lowest BCUT2D eigenvalue weighted by Crippen LogP contribution is -2.32. The second-order valence-electron chi connectivity index (χ2n) is 3.98. The maximum Gasteiger partial charge on any atom is 0.254 e. The molecule has 0 heterocycles. The largest absolute Gasteiger partial charge is 0.336 e. The van der Waals surface area contributed by atoms with E-state index in [1.54, 1.807) is 12.1 Å². The third kappa shape index (κ3) is 2.58. The fourth-order valence-corrected chi connectivity index (χ4v) is 2.66. The minimum Gasteiger partial charge on any atom is -0.336 e. The lowest BCUT2D eigenvalue weighted by atomic mass is 10.2. The lowest BCUT2D eigenvalue weighted by molar-refractivity contribution is 0.0752. The van der Waals surface area contributed by atoms with Gasteiger partial charge in [-0.1, -0.05) is 27.5 Å². The summed E-state index contributed by atoms with van der Waals surface area (Å²) in [6, 6.07) is 5.76. The van der Waals surface area contributed by atoms with Crippen LogP contribution in [-0.4, -0.2) is 23.4 Å². The van der Waals surface area contributed by atoms with Crippen LogP contribution in [0.15, 0.2) is 22.7 Å². The van der Waals surface area contributed by atoms with E-state index in [0.717, 1.165) is 23.9 Å². The third-order valence-corrected chi connectivity index (χ3v) is 3.37. The van der Waals surface area contributed by atoms with E-state index in [-0.39, 0.29) is 5.91 Å². The Morgan fingerprint density at radius 3 is 2.69 bits per heavy atom. The molecular formula is C12H13BrClNO. The fourth-order valence-electron chi connectivity index (χ4n) is 1.80. The molecule has 1 amide bonds. The molecule has 0 N–H and O–H groups in total. The van der Waals surface area contributed by atoms with Crippen molar-refractivity contribution < 1.29 is 4.79 Å². The number of hydrogen-bond acceptors (Lipinski definition) is 1. The molecule has 0 aliphatic heterocycles. The summed E-state index contributed by atoms with van der Waals surface area (Å²) >= 11 is 9.29. The maximum atomic E-state index is 12.2. The first kappa shape index (κ1) is 11.9. The average Bonchev–Trinajstić information content (AvgIpc) is 3.01. The highest BCUT2D eigenvalue weighted by Gasteiger charge is 2.31. The highest BCUT2D eigenvalue weighted by atomic mass is 79.9. The minimum absolute atomic E-state index is 0.0770. The van der Waals surface area contributed by atoms with Gasteiger partial charge in [0, 0.05) is 27.6 Å². The van der Waals surface area contributed by atoms with Gasteiger partial charge in [0.15, 0.2) is 0 Å². The number of carbonyl (C=O) groups is 1. The zero-order valence-electron chi connectivity index (χ0n) is 9.04. The highest BCUT2D eigenvalue weighted by Crippen LogP contribution is 2.29. The van der Waals surface area contributed by atoms with Crippen LogP contribution in [0.3, 0.4) is 0 Å². The summed E-state index contributed by atoms with van der Waals surface area (Å²) in [7, 11) is 0. The fraction of sp³-hybridized carbons (Fsp3) is 0.417. The molecule has 1 aliphatic rings. The van der Waals surface area contributed by atoms with Crippen molar-refractivity contribution in [2.24, 2.45) is 0 Å². The van der Waals surface area contributed by atoms with Gasteiger partial charge in [0.25, 0.3) is 5.91 Å². The van der Waals surface area contributed by atoms with Crippen molar-refractivity contribution in [3.05, 3.63) is 33.3 Å². The zero-order valence-corrected chi connectivity index (χ0v) is 11.4. The molecule has 0 unspecified atom stereocenters. The van der Waals surface area contributed by atoms with E-state index in [4.69, 9.17) is 11.6 Å². The van der Waals surface area contributed by atoms with E-state index in [2.05, 4.69) is 15.9 Å². The molecule has 0 spiro atoms. The second kappa shape index (κ2) is 4.76. The van der Waals surface area contributed by atoms with Gasteiger partial charge in [0.1, 0.15) is 0 Å². The predicted octanol–water partition coefficient (Wildman–Crippen LogP) is 3.73. The van der Waals surface area contributed by atoms with Crippen molar-refractivity contribution in [2.75, 3.05) is 6.54 Å². The van der Waals surface area contributed by atoms with Crippen LogP contribution in [0.1, 0.15) is 30.1 Å². The first-order valence-corrected chi connectivity index (χ1v) is 6.56. The Hall–Kier alpha value is -0.540. The number of halogens is 2. The van der Waals surface area contributed by atoms with Gasteiger partial charge in [-0.3, -0.25) is 4.79 Å². The van der Waals surface area contributed by atoms with E-state index in [1.165, 1.54) is 0 Å². The summed E-state index contributed by atoms with van der Waals surface area (Å²) in [5.74, 6) is 0.0770. The van der Waals surface area contributed by atoms with Crippen molar-refractivity contribution in [1.82, 2.24) is 4.90 Å². The summed E-state index contributed by atoms with van der Waals surface area (Å²) < 4.78 is 0.843. The molecule has 2 rings (SSSR count). The normalized spacial score (nSPS) is 14.9. The van der Waals surface area contributed by atoms with Crippen LogP contribution in [0.5, 0.6) is 0 Å². The van der Waals surface area contributed by atoms with Crippen LogP contribution in [0, 0.1) is 0 Å². The SMILES string of the molecule is CCN(C(=O)c1cc(Cl)cc(Br)c1)C1CC1. The van der Waals surface area contributed by atoms with Crippen LogP contribution in [-0.2, 0) is 0 Å². The molecule has 86 valence electrons. The molecule has 16 heavy (non-hydrogen) atoms. The van der Waals surface area contributed by atoms with Crippen LogP contribution >= 0.6 is 27.5 Å². The maximum absolute atomic E-state index is 12.2. The first-order valence-electron chi connectivity index (χ1n) is 5.39. The Labute approximate surface area is 109 Å². The third-order valence-electron chi connectivity index (χ3n) is 2.70. The van der Waals surface area contributed by atoms with Gasteiger partial charge in [0.05, 0.1) is 0 Å². The molecule has 0 saturated heterocycles. The van der Waals surface area contributed by atoms with Crippen LogP contribution < -0.4 is 0 Å². The van der Waals surface area contributed by atoms with E-state index in [0.29, 0.717) is 16.6 Å². The minimum atomic E-state index is 0.0770. The molecule has 4 heteroatoms. The highest BCUT2D eigenvalue weighted by molar-refractivity contribution is 9.10. The van der Waals surface area contributed by atoms with E-state index in [1.807, 2.05) is 17.9 Å². The molecule has 2 nitrogen and oxygen atoms in total. The monoisotopic (exact) mass is 301 g/mol. The summed E-state index contributed by atoms with van der Waals surface area (Å²) in [6.07, 6.45) is 2.25. The Balaban J connectivity index is 2.24. The van der Waals surface area contributed by atoms with Gasteiger partial charge in [-0.25, -0.2) is 0 Å². The van der Waals surface area contributed by atoms with Crippen LogP contribution in [0.2, 0.25) is 5.02 Å². The molecule has 0 atom stereocenters. The Kier molecular flexibility index (Phi) is 3.55. The van der Waals surface area contributed by atoms with Gasteiger partial charge < -0.3 is 4.90 Å². The Morgan fingerprint density at radius 1 is 1.50 bits per heavy atom. The molecule has 1 saturated carbocycles. The van der Waals surface area contributed by atoms with Gasteiger partial charge in [-0.2, -0.15) is 0 Å². The van der Waals surface area contributed by atoms with Gasteiger partial charge in [-0.05, 0) is 38.0 Å². The number of amides is 1. The number of carbonyl (C=O) groups excluding carboxylic acids is 1.